The van der Waals surface area contributed by atoms with E-state index in [9.17, 15) is 4.79 Å². The zero-order valence-electron chi connectivity index (χ0n) is 13.2. The van der Waals surface area contributed by atoms with Gasteiger partial charge < -0.3 is 14.2 Å². The first-order chi connectivity index (χ1) is 11.7. The molecular weight excluding hydrogens is 310 g/mol. The fourth-order valence-electron chi connectivity index (χ4n) is 2.72. The van der Waals surface area contributed by atoms with Gasteiger partial charge in [0.05, 0.1) is 12.6 Å². The fraction of sp³-hybridized carbons (Fsp3) is 0.278. The molecule has 1 fully saturated rings. The van der Waals surface area contributed by atoms with E-state index in [2.05, 4.69) is 0 Å². The van der Waals surface area contributed by atoms with Crippen LogP contribution in [0.1, 0.15) is 29.1 Å². The quantitative estimate of drug-likeness (QED) is 0.849. The van der Waals surface area contributed by atoms with Crippen molar-refractivity contribution in [2.45, 2.75) is 19.3 Å². The van der Waals surface area contributed by atoms with E-state index in [1.807, 2.05) is 37.3 Å². The average Bonchev–Trinajstić information content (AvgIpc) is 3.09. The molecule has 2 aromatic rings. The summed E-state index contributed by atoms with van der Waals surface area (Å²) in [7, 11) is 0. The molecule has 0 N–H and O–H groups in total. The van der Waals surface area contributed by atoms with Crippen LogP contribution in [-0.4, -0.2) is 30.4 Å². The van der Waals surface area contributed by atoms with Gasteiger partial charge in [0, 0.05) is 11.1 Å². The number of hydroxylamine groups is 2. The molecule has 0 aromatic heterocycles. The molecule has 1 saturated heterocycles. The molecule has 2 aliphatic heterocycles. The molecule has 0 radical (unpaired) electrons. The Morgan fingerprint density at radius 1 is 1.08 bits per heavy atom. The SMILES string of the molecule is C[C@@H]1CN(C(=O)c2ccc3c(c2)OCO3)O[C@@H](c2ccccc2)O1. The van der Waals surface area contributed by atoms with Gasteiger partial charge in [0.2, 0.25) is 13.1 Å². The minimum Gasteiger partial charge on any atom is -0.454 e. The highest BCUT2D eigenvalue weighted by Crippen LogP contribution is 2.34. The van der Waals surface area contributed by atoms with E-state index in [1.54, 1.807) is 18.2 Å². The first kappa shape index (κ1) is 15.0. The van der Waals surface area contributed by atoms with Crippen LogP contribution in [-0.2, 0) is 9.57 Å². The number of nitrogens with zero attached hydrogens (tertiary/aromatic N) is 1. The predicted octanol–water partition coefficient (Wildman–Crippen LogP) is 2.91. The van der Waals surface area contributed by atoms with Crippen LogP contribution in [0.4, 0.5) is 0 Å². The zero-order chi connectivity index (χ0) is 16.5. The normalized spacial score (nSPS) is 22.5. The number of benzene rings is 2. The fourth-order valence-corrected chi connectivity index (χ4v) is 2.72. The molecule has 24 heavy (non-hydrogen) atoms. The summed E-state index contributed by atoms with van der Waals surface area (Å²) in [4.78, 5) is 18.5. The highest BCUT2D eigenvalue weighted by Gasteiger charge is 2.31. The highest BCUT2D eigenvalue weighted by atomic mass is 16.8. The van der Waals surface area contributed by atoms with Gasteiger partial charge >= 0.3 is 0 Å². The Kier molecular flexibility index (Phi) is 3.84. The van der Waals surface area contributed by atoms with Crippen LogP contribution < -0.4 is 9.47 Å². The van der Waals surface area contributed by atoms with Crippen molar-refractivity contribution >= 4 is 5.91 Å². The van der Waals surface area contributed by atoms with E-state index in [1.165, 1.54) is 5.06 Å². The maximum Gasteiger partial charge on any atom is 0.277 e. The van der Waals surface area contributed by atoms with Gasteiger partial charge in [-0.05, 0) is 25.1 Å². The number of carbonyl (C=O) groups excluding carboxylic acids is 1. The lowest BCUT2D eigenvalue weighted by Gasteiger charge is -2.36. The molecule has 4 rings (SSSR count). The van der Waals surface area contributed by atoms with Crippen LogP contribution in [0.3, 0.4) is 0 Å². The summed E-state index contributed by atoms with van der Waals surface area (Å²) in [5.74, 6) is 0.983. The van der Waals surface area contributed by atoms with E-state index < -0.39 is 6.29 Å². The number of ether oxygens (including phenoxy) is 3. The Balaban J connectivity index is 1.55. The standard InChI is InChI=1S/C18H17NO5/c1-12-10-19(24-18(23-12)13-5-3-2-4-6-13)17(20)14-7-8-15-16(9-14)22-11-21-15/h2-9,12,18H,10-11H2,1H3/t12-,18+/m1/s1. The summed E-state index contributed by atoms with van der Waals surface area (Å²) in [6.07, 6.45) is -0.741. The number of rotatable bonds is 2. The van der Waals surface area contributed by atoms with Crippen LogP contribution >= 0.6 is 0 Å². The van der Waals surface area contributed by atoms with Gasteiger partial charge in [0.25, 0.3) is 5.91 Å². The van der Waals surface area contributed by atoms with Crippen LogP contribution in [0.5, 0.6) is 11.5 Å². The van der Waals surface area contributed by atoms with Gasteiger partial charge in [0.1, 0.15) is 0 Å². The van der Waals surface area contributed by atoms with E-state index in [4.69, 9.17) is 19.0 Å². The van der Waals surface area contributed by atoms with Crippen molar-refractivity contribution in [2.24, 2.45) is 0 Å². The molecule has 6 heteroatoms. The summed E-state index contributed by atoms with van der Waals surface area (Å²) < 4.78 is 16.4. The average molecular weight is 327 g/mol. The Hall–Kier alpha value is -2.57. The van der Waals surface area contributed by atoms with Gasteiger partial charge in [0.15, 0.2) is 11.5 Å². The number of hydrogen-bond acceptors (Lipinski definition) is 5. The second kappa shape index (κ2) is 6.14. The molecular formula is C18H17NO5. The first-order valence-corrected chi connectivity index (χ1v) is 7.79. The summed E-state index contributed by atoms with van der Waals surface area (Å²) in [5.41, 5.74) is 1.35. The maximum absolute atomic E-state index is 12.8. The summed E-state index contributed by atoms with van der Waals surface area (Å²) in [6.45, 7) is 2.45. The van der Waals surface area contributed by atoms with E-state index in [0.29, 0.717) is 23.6 Å². The Morgan fingerprint density at radius 2 is 1.88 bits per heavy atom. The van der Waals surface area contributed by atoms with Crippen LogP contribution in [0, 0.1) is 0 Å². The molecule has 6 nitrogen and oxygen atoms in total. The predicted molar refractivity (Wildman–Crippen MR) is 84.4 cm³/mol. The smallest absolute Gasteiger partial charge is 0.277 e. The van der Waals surface area contributed by atoms with Crippen molar-refractivity contribution in [3.05, 3.63) is 59.7 Å². The molecule has 0 unspecified atom stereocenters. The third-order valence-electron chi connectivity index (χ3n) is 3.92. The molecule has 0 bridgehead atoms. The molecule has 1 amide bonds. The molecule has 0 aliphatic carbocycles. The molecule has 2 aliphatic rings. The number of carbonyl (C=O) groups is 1. The van der Waals surface area contributed by atoms with Crippen LogP contribution in [0.25, 0.3) is 0 Å². The molecule has 0 spiro atoms. The van der Waals surface area contributed by atoms with Crippen molar-refractivity contribution in [2.75, 3.05) is 13.3 Å². The lowest BCUT2D eigenvalue weighted by Crippen LogP contribution is -2.44. The van der Waals surface area contributed by atoms with E-state index >= 15 is 0 Å². The Labute approximate surface area is 139 Å². The number of hydrogen-bond donors (Lipinski definition) is 0. The van der Waals surface area contributed by atoms with Crippen molar-refractivity contribution < 1.29 is 23.8 Å². The van der Waals surface area contributed by atoms with Gasteiger partial charge in [-0.15, -0.1) is 0 Å². The van der Waals surface area contributed by atoms with Crippen molar-refractivity contribution in [1.82, 2.24) is 5.06 Å². The van der Waals surface area contributed by atoms with Gasteiger partial charge in [-0.25, -0.2) is 9.90 Å². The number of amides is 1. The largest absolute Gasteiger partial charge is 0.454 e. The second-order valence-corrected chi connectivity index (χ2v) is 5.73. The first-order valence-electron chi connectivity index (χ1n) is 7.79. The highest BCUT2D eigenvalue weighted by molar-refractivity contribution is 5.94. The molecule has 2 heterocycles. The minimum atomic E-state index is -0.604. The van der Waals surface area contributed by atoms with Crippen molar-refractivity contribution in [3.63, 3.8) is 0 Å². The second-order valence-electron chi connectivity index (χ2n) is 5.73. The van der Waals surface area contributed by atoms with Gasteiger partial charge in [-0.1, -0.05) is 30.3 Å². The van der Waals surface area contributed by atoms with E-state index in [-0.39, 0.29) is 18.8 Å². The maximum atomic E-state index is 12.8. The molecule has 2 atom stereocenters. The monoisotopic (exact) mass is 327 g/mol. The minimum absolute atomic E-state index is 0.137. The molecule has 0 saturated carbocycles. The Bertz CT molecular complexity index is 748. The zero-order valence-corrected chi connectivity index (χ0v) is 13.2. The third-order valence-corrected chi connectivity index (χ3v) is 3.92. The van der Waals surface area contributed by atoms with Crippen molar-refractivity contribution in [3.8, 4) is 11.5 Å². The summed E-state index contributed by atoms with van der Waals surface area (Å²) in [6, 6.07) is 14.7. The van der Waals surface area contributed by atoms with Crippen molar-refractivity contribution in [1.29, 1.82) is 0 Å². The van der Waals surface area contributed by atoms with E-state index in [0.717, 1.165) is 5.56 Å². The number of fused-ring (bicyclic) bond motifs is 1. The van der Waals surface area contributed by atoms with Gasteiger partial charge in [-0.2, -0.15) is 0 Å². The lowest BCUT2D eigenvalue weighted by molar-refractivity contribution is -0.320. The van der Waals surface area contributed by atoms with Gasteiger partial charge in [-0.3, -0.25) is 4.79 Å². The van der Waals surface area contributed by atoms with Crippen LogP contribution in [0.15, 0.2) is 48.5 Å². The summed E-state index contributed by atoms with van der Waals surface area (Å²) >= 11 is 0. The third kappa shape index (κ3) is 2.81. The molecule has 124 valence electrons. The summed E-state index contributed by atoms with van der Waals surface area (Å²) in [5, 5.41) is 1.35. The topological polar surface area (TPSA) is 57.2 Å². The molecule has 2 aromatic carbocycles. The lowest BCUT2D eigenvalue weighted by atomic mass is 10.1. The van der Waals surface area contributed by atoms with Crippen LogP contribution in [0.2, 0.25) is 0 Å². The Morgan fingerprint density at radius 3 is 2.71 bits per heavy atom.